The molecule has 0 unspecified atom stereocenters. The minimum Gasteiger partial charge on any atom is -0.348 e. The molecule has 1 N–H and O–H groups in total. The molecular formula is C16H15N3O2. The number of rotatable bonds is 4. The van der Waals surface area contributed by atoms with Crippen LogP contribution in [0.25, 0.3) is 0 Å². The molecule has 1 heterocycles. The molecule has 3 rings (SSSR count). The summed E-state index contributed by atoms with van der Waals surface area (Å²) in [6.45, 7) is 2.28. The molecule has 0 radical (unpaired) electrons. The number of carbonyl (C=O) groups excluding carboxylic acids is 2. The lowest BCUT2D eigenvalue weighted by atomic mass is 9.99. The molecule has 5 nitrogen and oxygen atoms in total. The molecule has 0 spiro atoms. The zero-order chi connectivity index (χ0) is 14.8. The third kappa shape index (κ3) is 2.42. The van der Waals surface area contributed by atoms with E-state index in [1.165, 1.54) is 0 Å². The summed E-state index contributed by atoms with van der Waals surface area (Å²) in [6.07, 6.45) is 4.07. The Balaban J connectivity index is 1.75. The van der Waals surface area contributed by atoms with E-state index in [1.807, 2.05) is 0 Å². The Labute approximate surface area is 122 Å². The van der Waals surface area contributed by atoms with Crippen LogP contribution in [0.15, 0.2) is 41.8 Å². The van der Waals surface area contributed by atoms with Crippen LogP contribution in [0.5, 0.6) is 0 Å². The molecular weight excluding hydrogens is 266 g/mol. The van der Waals surface area contributed by atoms with Crippen molar-refractivity contribution in [1.82, 2.24) is 9.97 Å². The van der Waals surface area contributed by atoms with Crippen molar-refractivity contribution < 1.29 is 9.59 Å². The Morgan fingerprint density at radius 3 is 2.48 bits per heavy atom. The van der Waals surface area contributed by atoms with Crippen molar-refractivity contribution in [3.05, 3.63) is 53.6 Å². The molecule has 0 bridgehead atoms. The van der Waals surface area contributed by atoms with Crippen LogP contribution in [-0.4, -0.2) is 33.8 Å². The van der Waals surface area contributed by atoms with Gasteiger partial charge >= 0.3 is 0 Å². The van der Waals surface area contributed by atoms with Crippen LogP contribution in [-0.2, 0) is 6.42 Å². The summed E-state index contributed by atoms with van der Waals surface area (Å²) in [5.74, 6) is -1.03. The topological polar surface area (TPSA) is 75.2 Å². The van der Waals surface area contributed by atoms with Crippen molar-refractivity contribution in [2.24, 2.45) is 10.9 Å². The van der Waals surface area contributed by atoms with Gasteiger partial charge in [0.15, 0.2) is 11.6 Å². The molecule has 1 aliphatic carbocycles. The Morgan fingerprint density at radius 2 is 1.90 bits per heavy atom. The van der Waals surface area contributed by atoms with Gasteiger partial charge in [0.1, 0.15) is 5.92 Å². The molecule has 0 saturated carbocycles. The number of hydrogen-bond acceptors (Lipinski definition) is 4. The highest BCUT2D eigenvalue weighted by molar-refractivity contribution is 6.36. The first-order chi connectivity index (χ1) is 10.2. The van der Waals surface area contributed by atoms with Crippen LogP contribution in [0.1, 0.15) is 33.3 Å². The van der Waals surface area contributed by atoms with E-state index in [1.54, 1.807) is 43.7 Å². The zero-order valence-electron chi connectivity index (χ0n) is 11.7. The molecule has 5 heteroatoms. The molecule has 1 aromatic carbocycles. The van der Waals surface area contributed by atoms with Crippen molar-refractivity contribution in [3.63, 3.8) is 0 Å². The third-order valence-electron chi connectivity index (χ3n) is 3.70. The maximum atomic E-state index is 12.3. The number of aliphatic imine (C=N–C) groups is 1. The summed E-state index contributed by atoms with van der Waals surface area (Å²) in [4.78, 5) is 36.0. The molecule has 106 valence electrons. The molecule has 0 saturated heterocycles. The zero-order valence-corrected chi connectivity index (χ0v) is 11.7. The van der Waals surface area contributed by atoms with Crippen molar-refractivity contribution >= 4 is 17.3 Å². The van der Waals surface area contributed by atoms with E-state index in [9.17, 15) is 9.59 Å². The standard InChI is InChI=1S/C16H15N3O2/c1-10(18-7-6-11-8-17-9-19-11)14-15(20)12-4-2-3-5-13(12)16(14)21/h2-5,8-9,14H,6-7H2,1H3,(H,17,19). The fourth-order valence-corrected chi connectivity index (χ4v) is 2.59. The fourth-order valence-electron chi connectivity index (χ4n) is 2.59. The molecule has 21 heavy (non-hydrogen) atoms. The summed E-state index contributed by atoms with van der Waals surface area (Å²) in [5, 5.41) is 0. The van der Waals surface area contributed by atoms with Crippen LogP contribution in [0.2, 0.25) is 0 Å². The van der Waals surface area contributed by atoms with Crippen LogP contribution in [0, 0.1) is 5.92 Å². The first-order valence-corrected chi connectivity index (χ1v) is 6.84. The number of carbonyl (C=O) groups is 2. The van der Waals surface area contributed by atoms with E-state index in [4.69, 9.17) is 0 Å². The number of aromatic nitrogens is 2. The van der Waals surface area contributed by atoms with E-state index < -0.39 is 5.92 Å². The van der Waals surface area contributed by atoms with Crippen LogP contribution in [0.3, 0.4) is 0 Å². The fraction of sp³-hybridized carbons (Fsp3) is 0.250. The van der Waals surface area contributed by atoms with E-state index in [-0.39, 0.29) is 11.6 Å². The monoisotopic (exact) mass is 281 g/mol. The predicted molar refractivity (Wildman–Crippen MR) is 78.9 cm³/mol. The van der Waals surface area contributed by atoms with Crippen molar-refractivity contribution in [2.75, 3.05) is 6.54 Å². The van der Waals surface area contributed by atoms with Gasteiger partial charge in [-0.05, 0) is 6.92 Å². The van der Waals surface area contributed by atoms with Gasteiger partial charge in [0.25, 0.3) is 0 Å². The van der Waals surface area contributed by atoms with Gasteiger partial charge in [0, 0.05) is 41.7 Å². The molecule has 0 atom stereocenters. The molecule has 1 aromatic heterocycles. The second-order valence-electron chi connectivity index (χ2n) is 5.06. The van der Waals surface area contributed by atoms with Crippen molar-refractivity contribution in [2.45, 2.75) is 13.3 Å². The predicted octanol–water partition coefficient (Wildman–Crippen LogP) is 2.11. The summed E-state index contributed by atoms with van der Waals surface area (Å²) >= 11 is 0. The second kappa shape index (κ2) is 5.44. The smallest absolute Gasteiger partial charge is 0.180 e. The highest BCUT2D eigenvalue weighted by Gasteiger charge is 2.39. The Hall–Kier alpha value is -2.56. The average molecular weight is 281 g/mol. The Kier molecular flexibility index (Phi) is 3.48. The van der Waals surface area contributed by atoms with Crippen LogP contribution < -0.4 is 0 Å². The highest BCUT2D eigenvalue weighted by Crippen LogP contribution is 2.27. The highest BCUT2D eigenvalue weighted by atomic mass is 16.2. The minimum absolute atomic E-state index is 0.140. The average Bonchev–Trinajstić information content (AvgIpc) is 3.08. The Morgan fingerprint density at radius 1 is 1.24 bits per heavy atom. The summed E-state index contributed by atoms with van der Waals surface area (Å²) in [7, 11) is 0. The number of nitrogens with one attached hydrogen (secondary N) is 1. The molecule has 2 aromatic rings. The van der Waals surface area contributed by atoms with Gasteiger partial charge in [-0.3, -0.25) is 14.6 Å². The SMILES string of the molecule is CC(=NCCc1cnc[nH]1)C1C(=O)c2ccccc2C1=O. The summed E-state index contributed by atoms with van der Waals surface area (Å²) < 4.78 is 0. The maximum absolute atomic E-state index is 12.3. The minimum atomic E-state index is -0.746. The van der Waals surface area contributed by atoms with Gasteiger partial charge in [0.05, 0.1) is 6.33 Å². The molecule has 1 aliphatic rings. The number of ketones is 2. The number of fused-ring (bicyclic) bond motifs is 1. The van der Waals surface area contributed by atoms with Crippen molar-refractivity contribution in [3.8, 4) is 0 Å². The number of Topliss-reactive ketones (excluding diaryl/α,β-unsaturated/α-hetero) is 2. The van der Waals surface area contributed by atoms with Gasteiger partial charge < -0.3 is 4.98 Å². The molecule has 0 amide bonds. The summed E-state index contributed by atoms with van der Waals surface area (Å²) in [5.41, 5.74) is 2.59. The number of imidazole rings is 1. The Bertz CT molecular complexity index is 682. The van der Waals surface area contributed by atoms with Gasteiger partial charge in [-0.1, -0.05) is 24.3 Å². The van der Waals surface area contributed by atoms with Gasteiger partial charge in [-0.2, -0.15) is 0 Å². The number of aromatic amines is 1. The lowest BCUT2D eigenvalue weighted by molar-refractivity contribution is 0.0883. The van der Waals surface area contributed by atoms with Crippen molar-refractivity contribution in [1.29, 1.82) is 0 Å². The van der Waals surface area contributed by atoms with E-state index in [0.29, 0.717) is 29.8 Å². The number of hydrogen-bond donors (Lipinski definition) is 1. The summed E-state index contributed by atoms with van der Waals surface area (Å²) in [6, 6.07) is 6.95. The van der Waals surface area contributed by atoms with E-state index in [2.05, 4.69) is 15.0 Å². The second-order valence-corrected chi connectivity index (χ2v) is 5.06. The number of benzene rings is 1. The lowest BCUT2D eigenvalue weighted by Crippen LogP contribution is -2.23. The van der Waals surface area contributed by atoms with Gasteiger partial charge in [0.2, 0.25) is 0 Å². The normalized spacial score (nSPS) is 15.6. The largest absolute Gasteiger partial charge is 0.348 e. The number of H-pyrrole nitrogens is 1. The van der Waals surface area contributed by atoms with Crippen LogP contribution in [0.4, 0.5) is 0 Å². The van der Waals surface area contributed by atoms with Gasteiger partial charge in [-0.25, -0.2) is 4.98 Å². The molecule has 0 fully saturated rings. The van der Waals surface area contributed by atoms with Crippen LogP contribution >= 0.6 is 0 Å². The first-order valence-electron chi connectivity index (χ1n) is 6.84. The first kappa shape index (κ1) is 13.4. The van der Waals surface area contributed by atoms with E-state index >= 15 is 0 Å². The molecule has 0 aliphatic heterocycles. The lowest BCUT2D eigenvalue weighted by Gasteiger charge is -2.06. The quantitative estimate of drug-likeness (QED) is 0.689. The van der Waals surface area contributed by atoms with Gasteiger partial charge in [-0.15, -0.1) is 0 Å². The maximum Gasteiger partial charge on any atom is 0.180 e. The number of nitrogens with zero attached hydrogens (tertiary/aromatic N) is 2. The third-order valence-corrected chi connectivity index (χ3v) is 3.70. The van der Waals surface area contributed by atoms with E-state index in [0.717, 1.165) is 5.69 Å².